The van der Waals surface area contributed by atoms with Crippen LogP contribution in [0.2, 0.25) is 0 Å². The smallest absolute Gasteiger partial charge is 0.214 e. The van der Waals surface area contributed by atoms with Crippen LogP contribution in [0.1, 0.15) is 29.9 Å². The first-order chi connectivity index (χ1) is 15.2. The van der Waals surface area contributed by atoms with Crippen LogP contribution in [0.5, 0.6) is 11.5 Å². The van der Waals surface area contributed by atoms with Crippen LogP contribution in [0.15, 0.2) is 48.5 Å². The van der Waals surface area contributed by atoms with E-state index in [0.717, 1.165) is 54.6 Å². The van der Waals surface area contributed by atoms with E-state index in [2.05, 4.69) is 46.7 Å². The third kappa shape index (κ3) is 4.70. The molecule has 1 saturated heterocycles. The fraction of sp³-hybridized carbons (Fsp3) is 0.435. The van der Waals surface area contributed by atoms with E-state index in [-0.39, 0.29) is 6.04 Å². The van der Waals surface area contributed by atoms with Gasteiger partial charge in [-0.05, 0) is 47.2 Å². The maximum Gasteiger partial charge on any atom is 0.214 e. The third-order valence-electron chi connectivity index (χ3n) is 6.27. The number of para-hydroxylation sites is 1. The topological polar surface area (TPSA) is 70.9 Å². The van der Waals surface area contributed by atoms with E-state index >= 15 is 0 Å². The molecule has 3 aromatic rings. The number of ether oxygens (including phenoxy) is 2. The fourth-order valence-electron chi connectivity index (χ4n) is 4.45. The average Bonchev–Trinajstić information content (AvgIpc) is 3.28. The maximum atomic E-state index is 5.73. The van der Waals surface area contributed by atoms with Gasteiger partial charge in [-0.1, -0.05) is 24.3 Å². The number of piperazine rings is 1. The molecule has 31 heavy (non-hydrogen) atoms. The fourth-order valence-corrected chi connectivity index (χ4v) is 4.45. The number of quaternary nitrogens is 2. The van der Waals surface area contributed by atoms with Crippen molar-refractivity contribution in [3.05, 3.63) is 65.5 Å². The molecule has 0 amide bonds. The number of hydrogen-bond donors (Lipinski definition) is 2. The summed E-state index contributed by atoms with van der Waals surface area (Å²) >= 11 is 0. The van der Waals surface area contributed by atoms with E-state index in [1.165, 1.54) is 11.4 Å². The minimum atomic E-state index is 0.0165. The summed E-state index contributed by atoms with van der Waals surface area (Å²) in [7, 11) is 3.40. The lowest BCUT2D eigenvalue weighted by Gasteiger charge is -2.34. The number of likely N-dealkylation sites (N-methyl/N-ethyl adjacent to an activating group) is 1. The average molecular weight is 425 g/mol. The number of benzene rings is 2. The van der Waals surface area contributed by atoms with Crippen LogP contribution in [-0.2, 0) is 6.54 Å². The van der Waals surface area contributed by atoms with Crippen LogP contribution in [0.4, 0.5) is 0 Å². The molecular weight excluding hydrogens is 392 g/mol. The Balaban J connectivity index is 1.68. The first-order valence-electron chi connectivity index (χ1n) is 10.9. The molecule has 4 rings (SSSR count). The van der Waals surface area contributed by atoms with Crippen molar-refractivity contribution in [2.45, 2.75) is 19.5 Å². The first kappa shape index (κ1) is 21.3. The zero-order valence-electron chi connectivity index (χ0n) is 18.5. The second-order valence-electron chi connectivity index (χ2n) is 7.98. The van der Waals surface area contributed by atoms with Gasteiger partial charge in [0, 0.05) is 0 Å². The molecule has 0 saturated carbocycles. The zero-order valence-corrected chi connectivity index (χ0v) is 18.5. The molecule has 0 spiro atoms. The van der Waals surface area contributed by atoms with Crippen LogP contribution >= 0.6 is 0 Å². The summed E-state index contributed by atoms with van der Waals surface area (Å²) in [5.74, 6) is 2.59. The molecule has 0 unspecified atom stereocenters. The number of nitrogens with zero attached hydrogens (tertiary/aromatic N) is 4. The van der Waals surface area contributed by atoms with Gasteiger partial charge in [0.15, 0.2) is 6.04 Å². The molecule has 0 radical (unpaired) electrons. The van der Waals surface area contributed by atoms with Crippen LogP contribution in [0, 0.1) is 0 Å². The summed E-state index contributed by atoms with van der Waals surface area (Å²) in [4.78, 5) is 3.13. The SMILES string of the molecule is CC[NH+]1CC[NH+]([C@H](c2ccccc2OC)c2nnnn2Cc2ccc(OC)cc2)CC1. The van der Waals surface area contributed by atoms with Crippen molar-refractivity contribution < 1.29 is 19.3 Å². The van der Waals surface area contributed by atoms with Gasteiger partial charge in [-0.25, -0.2) is 4.68 Å². The Morgan fingerprint density at radius 2 is 1.71 bits per heavy atom. The predicted octanol–water partition coefficient (Wildman–Crippen LogP) is -0.369. The van der Waals surface area contributed by atoms with Crippen molar-refractivity contribution in [1.82, 2.24) is 20.2 Å². The first-order valence-corrected chi connectivity index (χ1v) is 10.9. The lowest BCUT2D eigenvalue weighted by atomic mass is 10.0. The quantitative estimate of drug-likeness (QED) is 0.517. The van der Waals surface area contributed by atoms with Gasteiger partial charge >= 0.3 is 0 Å². The Morgan fingerprint density at radius 1 is 0.968 bits per heavy atom. The Hall–Kier alpha value is -2.97. The maximum absolute atomic E-state index is 5.73. The van der Waals surface area contributed by atoms with Crippen molar-refractivity contribution in [3.8, 4) is 11.5 Å². The lowest BCUT2D eigenvalue weighted by Crippen LogP contribution is -3.28. The standard InChI is InChI=1S/C23H30N6O2/c1-4-27-13-15-28(16-14-27)22(20-7-5-6-8-21(20)31-3)23-24-25-26-29(23)17-18-9-11-19(30-2)12-10-18/h5-12,22H,4,13-17H2,1-3H3/p+2/t22-/m1/s1. The highest BCUT2D eigenvalue weighted by Gasteiger charge is 2.36. The third-order valence-corrected chi connectivity index (χ3v) is 6.27. The molecule has 1 fully saturated rings. The highest BCUT2D eigenvalue weighted by molar-refractivity contribution is 5.37. The summed E-state index contributed by atoms with van der Waals surface area (Å²) in [6.45, 7) is 8.48. The molecule has 164 valence electrons. The van der Waals surface area contributed by atoms with Gasteiger partial charge in [0.1, 0.15) is 37.7 Å². The summed E-state index contributed by atoms with van der Waals surface area (Å²) in [5, 5.41) is 12.9. The number of rotatable bonds is 8. The summed E-state index contributed by atoms with van der Waals surface area (Å²) in [5.41, 5.74) is 2.26. The van der Waals surface area contributed by atoms with Gasteiger partial charge in [-0.15, -0.1) is 5.10 Å². The van der Waals surface area contributed by atoms with Gasteiger partial charge in [-0.3, -0.25) is 0 Å². The Bertz CT molecular complexity index is 966. The van der Waals surface area contributed by atoms with Crippen molar-refractivity contribution in [3.63, 3.8) is 0 Å². The number of hydrogen-bond acceptors (Lipinski definition) is 5. The van der Waals surface area contributed by atoms with Gasteiger partial charge in [0.05, 0.1) is 32.9 Å². The van der Waals surface area contributed by atoms with Crippen molar-refractivity contribution >= 4 is 0 Å². The number of nitrogens with one attached hydrogen (secondary N) is 2. The van der Waals surface area contributed by atoms with Crippen LogP contribution in [-0.4, -0.2) is 67.2 Å². The van der Waals surface area contributed by atoms with Crippen molar-refractivity contribution in [1.29, 1.82) is 0 Å². The Kier molecular flexibility index (Phi) is 6.79. The molecule has 1 aliphatic rings. The van der Waals surface area contributed by atoms with Gasteiger partial charge in [0.25, 0.3) is 0 Å². The highest BCUT2D eigenvalue weighted by atomic mass is 16.5. The Labute approximate surface area is 183 Å². The second-order valence-corrected chi connectivity index (χ2v) is 7.98. The van der Waals surface area contributed by atoms with Crippen LogP contribution in [0.25, 0.3) is 0 Å². The molecule has 1 aliphatic heterocycles. The molecule has 1 atom stereocenters. The molecule has 8 nitrogen and oxygen atoms in total. The minimum absolute atomic E-state index is 0.0165. The second kappa shape index (κ2) is 9.89. The molecule has 0 aliphatic carbocycles. The van der Waals surface area contributed by atoms with E-state index in [1.54, 1.807) is 19.1 Å². The van der Waals surface area contributed by atoms with Crippen LogP contribution in [0.3, 0.4) is 0 Å². The number of aromatic nitrogens is 4. The van der Waals surface area contributed by atoms with Gasteiger partial charge in [0.2, 0.25) is 5.82 Å². The molecule has 0 bridgehead atoms. The molecule has 8 heteroatoms. The lowest BCUT2D eigenvalue weighted by molar-refractivity contribution is -1.02. The van der Waals surface area contributed by atoms with E-state index < -0.39 is 0 Å². The van der Waals surface area contributed by atoms with E-state index in [4.69, 9.17) is 9.47 Å². The molecular formula is C23H32N6O2+2. The summed E-state index contributed by atoms with van der Waals surface area (Å²) in [6, 6.07) is 16.3. The molecule has 2 heterocycles. The zero-order chi connectivity index (χ0) is 21.6. The van der Waals surface area contributed by atoms with Gasteiger partial charge in [-0.2, -0.15) is 0 Å². The number of methoxy groups -OCH3 is 2. The monoisotopic (exact) mass is 424 g/mol. The molecule has 1 aromatic heterocycles. The number of tetrazole rings is 1. The van der Waals surface area contributed by atoms with E-state index in [1.807, 2.05) is 28.9 Å². The van der Waals surface area contributed by atoms with E-state index in [9.17, 15) is 0 Å². The van der Waals surface area contributed by atoms with Crippen molar-refractivity contribution in [2.24, 2.45) is 0 Å². The van der Waals surface area contributed by atoms with Gasteiger partial charge < -0.3 is 19.3 Å². The molecule has 2 N–H and O–H groups in total. The largest absolute Gasteiger partial charge is 0.497 e. The Morgan fingerprint density at radius 3 is 2.39 bits per heavy atom. The minimum Gasteiger partial charge on any atom is -0.497 e. The normalized spacial score (nSPS) is 19.7. The summed E-state index contributed by atoms with van der Waals surface area (Å²) in [6.07, 6.45) is 0. The summed E-state index contributed by atoms with van der Waals surface area (Å²) < 4.78 is 12.9. The van der Waals surface area contributed by atoms with Crippen molar-refractivity contribution in [2.75, 3.05) is 46.9 Å². The highest BCUT2D eigenvalue weighted by Crippen LogP contribution is 2.27. The van der Waals surface area contributed by atoms with Crippen LogP contribution < -0.4 is 19.3 Å². The molecule has 2 aromatic carbocycles. The van der Waals surface area contributed by atoms with E-state index in [0.29, 0.717) is 6.54 Å². The predicted molar refractivity (Wildman–Crippen MR) is 117 cm³/mol.